The molecular formula is C14H15N3O3. The van der Waals surface area contributed by atoms with Crippen LogP contribution in [0.1, 0.15) is 6.92 Å². The summed E-state index contributed by atoms with van der Waals surface area (Å²) in [5.74, 6) is 0.930. The molecule has 1 heterocycles. The Morgan fingerprint density at radius 2 is 1.95 bits per heavy atom. The molecule has 0 saturated carbocycles. The number of nitrogens with zero attached hydrogens (tertiary/aromatic N) is 2. The second kappa shape index (κ2) is 7.08. The van der Waals surface area contributed by atoms with E-state index in [1.165, 1.54) is 0 Å². The van der Waals surface area contributed by atoms with Crippen LogP contribution in [-0.2, 0) is 4.79 Å². The van der Waals surface area contributed by atoms with Crippen LogP contribution in [-0.4, -0.2) is 29.0 Å². The van der Waals surface area contributed by atoms with Gasteiger partial charge in [-0.3, -0.25) is 4.79 Å². The third-order valence-electron chi connectivity index (χ3n) is 2.30. The van der Waals surface area contributed by atoms with Gasteiger partial charge in [0.2, 0.25) is 0 Å². The van der Waals surface area contributed by atoms with Gasteiger partial charge in [-0.1, -0.05) is 6.07 Å². The number of aromatic nitrogens is 2. The monoisotopic (exact) mass is 273 g/mol. The lowest BCUT2D eigenvalue weighted by Crippen LogP contribution is -2.28. The molecule has 6 nitrogen and oxygen atoms in total. The van der Waals surface area contributed by atoms with Crippen LogP contribution in [0.5, 0.6) is 17.5 Å². The van der Waals surface area contributed by atoms with Gasteiger partial charge in [0.05, 0.1) is 0 Å². The Labute approximate surface area is 116 Å². The molecular weight excluding hydrogens is 258 g/mol. The molecule has 0 aliphatic heterocycles. The lowest BCUT2D eigenvalue weighted by Gasteiger charge is -2.08. The number of hydrogen-bond acceptors (Lipinski definition) is 5. The van der Waals surface area contributed by atoms with Gasteiger partial charge in [0.15, 0.2) is 6.61 Å². The van der Waals surface area contributed by atoms with E-state index in [4.69, 9.17) is 9.47 Å². The van der Waals surface area contributed by atoms with Gasteiger partial charge in [-0.25, -0.2) is 9.97 Å². The van der Waals surface area contributed by atoms with Crippen LogP contribution in [0.25, 0.3) is 0 Å². The van der Waals surface area contributed by atoms with Gasteiger partial charge in [-0.05, 0) is 25.1 Å². The maximum atomic E-state index is 11.3. The molecule has 0 radical (unpaired) electrons. The number of hydrogen-bond donors (Lipinski definition) is 1. The van der Waals surface area contributed by atoms with E-state index < -0.39 is 0 Å². The van der Waals surface area contributed by atoms with Crippen LogP contribution in [0.15, 0.2) is 42.7 Å². The third-order valence-corrected chi connectivity index (χ3v) is 2.30. The number of carbonyl (C=O) groups is 1. The molecule has 6 heteroatoms. The van der Waals surface area contributed by atoms with Gasteiger partial charge < -0.3 is 14.8 Å². The molecule has 0 fully saturated rings. The summed E-state index contributed by atoms with van der Waals surface area (Å²) in [7, 11) is 0. The molecule has 0 saturated heterocycles. The number of likely N-dealkylation sites (N-methyl/N-ethyl adjacent to an activating group) is 1. The van der Waals surface area contributed by atoms with Gasteiger partial charge >= 0.3 is 6.01 Å². The van der Waals surface area contributed by atoms with Crippen LogP contribution in [0.4, 0.5) is 0 Å². The Morgan fingerprint density at radius 1 is 1.20 bits per heavy atom. The molecule has 0 aliphatic carbocycles. The number of carbonyl (C=O) groups excluding carboxylic acids is 1. The summed E-state index contributed by atoms with van der Waals surface area (Å²) >= 11 is 0. The highest BCUT2D eigenvalue weighted by Crippen LogP contribution is 2.22. The molecule has 104 valence electrons. The fraction of sp³-hybridized carbons (Fsp3) is 0.214. The molecule has 2 rings (SSSR count). The van der Waals surface area contributed by atoms with Gasteiger partial charge in [-0.15, -0.1) is 0 Å². The van der Waals surface area contributed by atoms with Gasteiger partial charge in [0.25, 0.3) is 5.91 Å². The summed E-state index contributed by atoms with van der Waals surface area (Å²) in [4.78, 5) is 19.2. The summed E-state index contributed by atoms with van der Waals surface area (Å²) in [6.07, 6.45) is 3.19. The summed E-state index contributed by atoms with van der Waals surface area (Å²) in [5.41, 5.74) is 0. The van der Waals surface area contributed by atoms with E-state index in [2.05, 4.69) is 15.3 Å². The average molecular weight is 273 g/mol. The molecule has 0 aliphatic rings. The Morgan fingerprint density at radius 3 is 2.70 bits per heavy atom. The summed E-state index contributed by atoms with van der Waals surface area (Å²) in [6, 6.07) is 8.92. The molecule has 0 spiro atoms. The SMILES string of the molecule is CCNC(=O)COc1cccc(Oc2ncccn2)c1. The number of ether oxygens (including phenoxy) is 2. The van der Waals surface area contributed by atoms with Crippen molar-refractivity contribution in [3.8, 4) is 17.5 Å². The zero-order valence-corrected chi connectivity index (χ0v) is 11.1. The maximum Gasteiger partial charge on any atom is 0.321 e. The van der Waals surface area contributed by atoms with Crippen molar-refractivity contribution in [2.45, 2.75) is 6.92 Å². The predicted octanol–water partition coefficient (Wildman–Crippen LogP) is 1.78. The molecule has 2 aromatic rings. The van der Waals surface area contributed by atoms with E-state index in [-0.39, 0.29) is 18.5 Å². The number of benzene rings is 1. The highest BCUT2D eigenvalue weighted by molar-refractivity contribution is 5.77. The van der Waals surface area contributed by atoms with E-state index in [1.807, 2.05) is 6.92 Å². The van der Waals surface area contributed by atoms with Crippen molar-refractivity contribution in [3.63, 3.8) is 0 Å². The number of amides is 1. The summed E-state index contributed by atoms with van der Waals surface area (Å²) < 4.78 is 10.8. The molecule has 1 aromatic heterocycles. The van der Waals surface area contributed by atoms with Gasteiger partial charge in [-0.2, -0.15) is 0 Å². The van der Waals surface area contributed by atoms with E-state index in [0.717, 1.165) is 0 Å². The van der Waals surface area contributed by atoms with Crippen molar-refractivity contribution in [2.24, 2.45) is 0 Å². The standard InChI is InChI=1S/C14H15N3O3/c1-2-15-13(18)10-19-11-5-3-6-12(9-11)20-14-16-7-4-8-17-14/h3-9H,2,10H2,1H3,(H,15,18). The molecule has 1 aromatic carbocycles. The van der Waals surface area contributed by atoms with Crippen LogP contribution in [0.2, 0.25) is 0 Å². The zero-order chi connectivity index (χ0) is 14.2. The van der Waals surface area contributed by atoms with Crippen molar-refractivity contribution < 1.29 is 14.3 Å². The van der Waals surface area contributed by atoms with Gasteiger partial charge in [0, 0.05) is 25.0 Å². The first-order valence-corrected chi connectivity index (χ1v) is 6.22. The first-order valence-electron chi connectivity index (χ1n) is 6.22. The second-order valence-electron chi connectivity index (χ2n) is 3.85. The quantitative estimate of drug-likeness (QED) is 0.868. The van der Waals surface area contributed by atoms with Gasteiger partial charge in [0.1, 0.15) is 11.5 Å². The lowest BCUT2D eigenvalue weighted by molar-refractivity contribution is -0.122. The second-order valence-corrected chi connectivity index (χ2v) is 3.85. The fourth-order valence-electron chi connectivity index (χ4n) is 1.47. The third kappa shape index (κ3) is 4.24. The van der Waals surface area contributed by atoms with Crippen LogP contribution in [0.3, 0.4) is 0 Å². The first kappa shape index (κ1) is 13.8. The van der Waals surface area contributed by atoms with E-state index in [9.17, 15) is 4.79 Å². The first-order chi connectivity index (χ1) is 9.78. The van der Waals surface area contributed by atoms with Crippen LogP contribution >= 0.6 is 0 Å². The Kier molecular flexibility index (Phi) is 4.88. The molecule has 1 amide bonds. The Bertz CT molecular complexity index is 561. The fourth-order valence-corrected chi connectivity index (χ4v) is 1.47. The Balaban J connectivity index is 1.96. The highest BCUT2D eigenvalue weighted by atomic mass is 16.5. The summed E-state index contributed by atoms with van der Waals surface area (Å²) in [5, 5.41) is 2.66. The predicted molar refractivity (Wildman–Crippen MR) is 72.7 cm³/mol. The smallest absolute Gasteiger partial charge is 0.321 e. The maximum absolute atomic E-state index is 11.3. The molecule has 0 unspecified atom stereocenters. The minimum atomic E-state index is -0.162. The highest BCUT2D eigenvalue weighted by Gasteiger charge is 2.04. The average Bonchev–Trinajstić information content (AvgIpc) is 2.47. The van der Waals surface area contributed by atoms with E-state index in [1.54, 1.807) is 42.7 Å². The van der Waals surface area contributed by atoms with Crippen molar-refractivity contribution in [3.05, 3.63) is 42.7 Å². The number of rotatable bonds is 6. The molecule has 1 N–H and O–H groups in total. The Hall–Kier alpha value is -2.63. The largest absolute Gasteiger partial charge is 0.484 e. The molecule has 20 heavy (non-hydrogen) atoms. The van der Waals surface area contributed by atoms with Crippen LogP contribution in [0, 0.1) is 0 Å². The normalized spacial score (nSPS) is 9.85. The van der Waals surface area contributed by atoms with Crippen molar-refractivity contribution >= 4 is 5.91 Å². The topological polar surface area (TPSA) is 73.3 Å². The zero-order valence-electron chi connectivity index (χ0n) is 11.1. The van der Waals surface area contributed by atoms with E-state index >= 15 is 0 Å². The molecule has 0 bridgehead atoms. The minimum absolute atomic E-state index is 0.0286. The van der Waals surface area contributed by atoms with Crippen molar-refractivity contribution in [1.82, 2.24) is 15.3 Å². The lowest BCUT2D eigenvalue weighted by atomic mass is 10.3. The molecule has 0 atom stereocenters. The van der Waals surface area contributed by atoms with Crippen molar-refractivity contribution in [1.29, 1.82) is 0 Å². The van der Waals surface area contributed by atoms with Crippen molar-refractivity contribution in [2.75, 3.05) is 13.2 Å². The number of nitrogens with one attached hydrogen (secondary N) is 1. The summed E-state index contributed by atoms with van der Waals surface area (Å²) in [6.45, 7) is 2.40. The minimum Gasteiger partial charge on any atom is -0.484 e. The van der Waals surface area contributed by atoms with E-state index in [0.29, 0.717) is 18.0 Å². The van der Waals surface area contributed by atoms with Crippen LogP contribution < -0.4 is 14.8 Å².